The molecule has 29 heavy (non-hydrogen) atoms. The first kappa shape index (κ1) is 25.7. The topological polar surface area (TPSA) is 146 Å². The van der Waals surface area contributed by atoms with E-state index in [1.807, 2.05) is 13.8 Å². The third-order valence-corrected chi connectivity index (χ3v) is 6.34. The smallest absolute Gasteiger partial charge is 0.348 e. The molecule has 1 fully saturated rings. The summed E-state index contributed by atoms with van der Waals surface area (Å²) in [6.45, 7) is 6.80. The molecule has 2 N–H and O–H groups in total. The second-order valence-electron chi connectivity index (χ2n) is 5.96. The summed E-state index contributed by atoms with van der Waals surface area (Å²) in [6.07, 6.45) is 0.0675. The molecule has 5 unspecified atom stereocenters. The zero-order chi connectivity index (χ0) is 22.4. The summed E-state index contributed by atoms with van der Waals surface area (Å²) in [5.41, 5.74) is -0.903. The lowest BCUT2D eigenvalue weighted by atomic mass is 10.2. The van der Waals surface area contributed by atoms with Crippen LogP contribution in [0.2, 0.25) is 0 Å². The van der Waals surface area contributed by atoms with E-state index in [-0.39, 0.29) is 6.42 Å². The van der Waals surface area contributed by atoms with Gasteiger partial charge in [0.2, 0.25) is 0 Å². The normalized spacial score (nSPS) is 25.8. The van der Waals surface area contributed by atoms with Crippen molar-refractivity contribution in [2.75, 3.05) is 20.9 Å². The fourth-order valence-corrected chi connectivity index (χ4v) is 3.75. The van der Waals surface area contributed by atoms with Gasteiger partial charge in [0, 0.05) is 44.9 Å². The van der Waals surface area contributed by atoms with Crippen molar-refractivity contribution < 1.29 is 32.3 Å². The number of hydrogen-bond acceptors (Lipinski definition) is 8. The maximum absolute atomic E-state index is 12.2. The molecule has 2 rings (SSSR count). The van der Waals surface area contributed by atoms with Gasteiger partial charge in [-0.05, 0) is 13.0 Å². The Morgan fingerprint density at radius 2 is 1.90 bits per heavy atom. The standard InChI is InChI=1S/C14H22N2O9P2.C2H6/c1-9-8-16(14(18)15-13(9)17)12-7-11(25-26(4,19)22-2)10(24-12)5-6-27(20,21)23-3;1-2/h5-6,8,10-12H,7H2,1-4H3,(H,20,21)(H,15,17,18);1-2H3/b6-5+;. The molecule has 1 saturated heterocycles. The van der Waals surface area contributed by atoms with Crippen molar-refractivity contribution in [2.24, 2.45) is 0 Å². The van der Waals surface area contributed by atoms with Crippen molar-refractivity contribution in [1.82, 2.24) is 9.55 Å². The van der Waals surface area contributed by atoms with Crippen LogP contribution in [0.5, 0.6) is 0 Å². The minimum Gasteiger partial charge on any atom is -0.348 e. The van der Waals surface area contributed by atoms with Crippen molar-refractivity contribution in [2.45, 2.75) is 45.6 Å². The van der Waals surface area contributed by atoms with Crippen LogP contribution in [0.1, 0.15) is 32.1 Å². The van der Waals surface area contributed by atoms with E-state index >= 15 is 0 Å². The minimum absolute atomic E-state index is 0.0876. The van der Waals surface area contributed by atoms with Crippen LogP contribution in [-0.4, -0.2) is 47.5 Å². The Labute approximate surface area is 168 Å². The highest BCUT2D eigenvalue weighted by atomic mass is 31.2. The third kappa shape index (κ3) is 7.15. The summed E-state index contributed by atoms with van der Waals surface area (Å²) in [4.78, 5) is 35.3. The summed E-state index contributed by atoms with van der Waals surface area (Å²) in [7, 11) is -5.06. The lowest BCUT2D eigenvalue weighted by Gasteiger charge is -2.19. The second-order valence-corrected chi connectivity index (χ2v) is 9.87. The molecule has 5 atom stereocenters. The maximum atomic E-state index is 12.2. The van der Waals surface area contributed by atoms with Crippen LogP contribution < -0.4 is 11.2 Å². The third-order valence-electron chi connectivity index (χ3n) is 3.95. The van der Waals surface area contributed by atoms with Crippen LogP contribution in [-0.2, 0) is 27.4 Å². The first-order valence-corrected chi connectivity index (χ1v) is 12.5. The molecule has 13 heteroatoms. The Hall–Kier alpha value is -1.32. The van der Waals surface area contributed by atoms with Gasteiger partial charge in [0.15, 0.2) is 0 Å². The molecule has 0 aromatic carbocycles. The molecule has 0 aliphatic carbocycles. The molecule has 1 aromatic rings. The second kappa shape index (κ2) is 10.6. The molecule has 0 radical (unpaired) electrons. The molecule has 1 aliphatic rings. The molecule has 0 saturated carbocycles. The summed E-state index contributed by atoms with van der Waals surface area (Å²) >= 11 is 0. The van der Waals surface area contributed by atoms with Crippen LogP contribution >= 0.6 is 15.2 Å². The number of aryl methyl sites for hydroxylation is 1. The summed E-state index contributed by atoms with van der Waals surface area (Å²) in [5.74, 6) is 0.921. The van der Waals surface area contributed by atoms with E-state index < -0.39 is 44.9 Å². The minimum atomic E-state index is -3.96. The fourth-order valence-electron chi connectivity index (χ4n) is 2.45. The average molecular weight is 454 g/mol. The average Bonchev–Trinajstić information content (AvgIpc) is 3.06. The van der Waals surface area contributed by atoms with E-state index in [0.717, 1.165) is 12.9 Å². The van der Waals surface area contributed by atoms with Gasteiger partial charge in [0.25, 0.3) is 5.56 Å². The SMILES string of the molecule is CC.COP(=O)(O)/C=C/C1OC(n2cc(C)c(=O)[nH]c2=O)CC1OP(C)(=O)OC. The van der Waals surface area contributed by atoms with Gasteiger partial charge in [-0.3, -0.25) is 23.5 Å². The van der Waals surface area contributed by atoms with E-state index in [2.05, 4.69) is 9.51 Å². The lowest BCUT2D eigenvalue weighted by molar-refractivity contribution is 0.00653. The number of H-pyrrole nitrogens is 1. The van der Waals surface area contributed by atoms with Crippen LogP contribution in [0.25, 0.3) is 0 Å². The number of ether oxygens (including phenoxy) is 1. The molecule has 0 spiro atoms. The number of nitrogens with zero attached hydrogens (tertiary/aromatic N) is 1. The Balaban J connectivity index is 0.00000204. The molecule has 1 aromatic heterocycles. The maximum Gasteiger partial charge on any atom is 0.351 e. The van der Waals surface area contributed by atoms with Gasteiger partial charge in [-0.1, -0.05) is 13.8 Å². The molecular weight excluding hydrogens is 426 g/mol. The van der Waals surface area contributed by atoms with E-state index in [1.165, 1.54) is 37.5 Å². The Kier molecular flexibility index (Phi) is 9.43. The Bertz CT molecular complexity index is 924. The van der Waals surface area contributed by atoms with Crippen molar-refractivity contribution in [3.63, 3.8) is 0 Å². The van der Waals surface area contributed by atoms with Crippen LogP contribution in [0.3, 0.4) is 0 Å². The number of hydrogen-bond donors (Lipinski definition) is 2. The van der Waals surface area contributed by atoms with Crippen molar-refractivity contribution >= 4 is 15.2 Å². The van der Waals surface area contributed by atoms with Crippen molar-refractivity contribution in [1.29, 1.82) is 0 Å². The number of aromatic nitrogens is 2. The van der Waals surface area contributed by atoms with E-state index in [0.29, 0.717) is 5.56 Å². The highest BCUT2D eigenvalue weighted by molar-refractivity contribution is 7.56. The Morgan fingerprint density at radius 3 is 2.45 bits per heavy atom. The Morgan fingerprint density at radius 1 is 1.28 bits per heavy atom. The fraction of sp³-hybridized carbons (Fsp3) is 0.625. The molecule has 166 valence electrons. The van der Waals surface area contributed by atoms with Crippen molar-refractivity contribution in [3.05, 3.63) is 44.5 Å². The van der Waals surface area contributed by atoms with Gasteiger partial charge in [0.05, 0.1) is 0 Å². The molecular formula is C16H28N2O9P2. The lowest BCUT2D eigenvalue weighted by Crippen LogP contribution is -2.33. The number of rotatable bonds is 7. The van der Waals surface area contributed by atoms with Gasteiger partial charge in [-0.25, -0.2) is 4.79 Å². The first-order chi connectivity index (χ1) is 13.5. The summed E-state index contributed by atoms with van der Waals surface area (Å²) in [6, 6.07) is 0. The highest BCUT2D eigenvalue weighted by Gasteiger charge is 2.39. The molecule has 0 bridgehead atoms. The van der Waals surface area contributed by atoms with E-state index in [1.54, 1.807) is 0 Å². The van der Waals surface area contributed by atoms with Crippen molar-refractivity contribution in [3.8, 4) is 0 Å². The summed E-state index contributed by atoms with van der Waals surface area (Å²) in [5, 5.41) is 0. The molecule has 2 heterocycles. The van der Waals surface area contributed by atoms with Gasteiger partial charge < -0.3 is 23.2 Å². The van der Waals surface area contributed by atoms with Crippen LogP contribution in [0.15, 0.2) is 27.7 Å². The summed E-state index contributed by atoms with van der Waals surface area (Å²) < 4.78 is 45.5. The zero-order valence-electron chi connectivity index (χ0n) is 17.2. The monoisotopic (exact) mass is 454 g/mol. The molecule has 11 nitrogen and oxygen atoms in total. The highest BCUT2D eigenvalue weighted by Crippen LogP contribution is 2.49. The van der Waals surface area contributed by atoms with Gasteiger partial charge in [-0.15, -0.1) is 0 Å². The molecule has 0 amide bonds. The van der Waals surface area contributed by atoms with Gasteiger partial charge in [0.1, 0.15) is 18.4 Å². The molecule has 1 aliphatic heterocycles. The number of nitrogens with one attached hydrogen (secondary N) is 1. The predicted molar refractivity (Wildman–Crippen MR) is 107 cm³/mol. The first-order valence-electron chi connectivity index (χ1n) is 8.85. The van der Waals surface area contributed by atoms with E-state index in [4.69, 9.17) is 13.8 Å². The van der Waals surface area contributed by atoms with Crippen LogP contribution in [0, 0.1) is 6.92 Å². The van der Waals surface area contributed by atoms with E-state index in [9.17, 15) is 23.6 Å². The largest absolute Gasteiger partial charge is 0.351 e. The zero-order valence-corrected chi connectivity index (χ0v) is 19.0. The van der Waals surface area contributed by atoms with Gasteiger partial charge in [-0.2, -0.15) is 0 Å². The number of aromatic amines is 1. The predicted octanol–water partition coefficient (Wildman–Crippen LogP) is 2.36. The van der Waals surface area contributed by atoms with Gasteiger partial charge >= 0.3 is 20.9 Å². The quantitative estimate of drug-likeness (QED) is 0.593. The van der Waals surface area contributed by atoms with Crippen LogP contribution in [0.4, 0.5) is 0 Å².